The first-order chi connectivity index (χ1) is 9.20. The van der Waals surface area contributed by atoms with E-state index in [-0.39, 0.29) is 5.97 Å². The molecule has 1 aromatic rings. The summed E-state index contributed by atoms with van der Waals surface area (Å²) in [6.45, 7) is 0.853. The number of hydrogen-bond donors (Lipinski definition) is 2. The Morgan fingerprint density at radius 1 is 1.53 bits per heavy atom. The SMILES string of the molecule is COC(=O)c1cc(N)ccc1NCC1CSCCS1. The van der Waals surface area contributed by atoms with Crippen molar-refractivity contribution in [3.63, 3.8) is 0 Å². The molecule has 2 rings (SSSR count). The first kappa shape index (κ1) is 14.4. The van der Waals surface area contributed by atoms with E-state index >= 15 is 0 Å². The molecule has 1 heterocycles. The van der Waals surface area contributed by atoms with Crippen LogP contribution in [-0.4, -0.2) is 42.1 Å². The topological polar surface area (TPSA) is 64.3 Å². The highest BCUT2D eigenvalue weighted by Gasteiger charge is 2.16. The third kappa shape index (κ3) is 3.98. The minimum absolute atomic E-state index is 0.361. The van der Waals surface area contributed by atoms with Gasteiger partial charge < -0.3 is 15.8 Å². The lowest BCUT2D eigenvalue weighted by Crippen LogP contribution is -2.24. The molecule has 0 saturated carbocycles. The summed E-state index contributed by atoms with van der Waals surface area (Å²) in [4.78, 5) is 11.7. The lowest BCUT2D eigenvalue weighted by Gasteiger charge is -2.22. The molecular formula is C13H18N2O2S2. The van der Waals surface area contributed by atoms with Crippen LogP contribution in [0, 0.1) is 0 Å². The molecule has 1 aromatic carbocycles. The number of anilines is 2. The summed E-state index contributed by atoms with van der Waals surface area (Å²) in [5.41, 5.74) is 7.56. The van der Waals surface area contributed by atoms with Crippen LogP contribution in [-0.2, 0) is 4.74 Å². The van der Waals surface area contributed by atoms with Gasteiger partial charge in [-0.25, -0.2) is 4.79 Å². The van der Waals surface area contributed by atoms with Crippen molar-refractivity contribution in [1.29, 1.82) is 0 Å². The summed E-state index contributed by atoms with van der Waals surface area (Å²) >= 11 is 3.96. The monoisotopic (exact) mass is 298 g/mol. The second-order valence-corrected chi connectivity index (χ2v) is 6.80. The maximum Gasteiger partial charge on any atom is 0.340 e. The second kappa shape index (κ2) is 6.96. The molecule has 1 aliphatic heterocycles. The molecule has 1 fully saturated rings. The van der Waals surface area contributed by atoms with Crippen molar-refractivity contribution >= 4 is 40.9 Å². The Bertz CT molecular complexity index is 448. The van der Waals surface area contributed by atoms with E-state index in [0.29, 0.717) is 16.5 Å². The molecule has 19 heavy (non-hydrogen) atoms. The van der Waals surface area contributed by atoms with Crippen LogP contribution < -0.4 is 11.1 Å². The smallest absolute Gasteiger partial charge is 0.340 e. The molecule has 1 saturated heterocycles. The van der Waals surface area contributed by atoms with E-state index in [9.17, 15) is 4.79 Å². The first-order valence-electron chi connectivity index (χ1n) is 6.11. The fourth-order valence-electron chi connectivity index (χ4n) is 1.87. The fraction of sp³-hybridized carbons (Fsp3) is 0.462. The number of ether oxygens (including phenoxy) is 1. The normalized spacial score (nSPS) is 18.9. The molecule has 1 atom stereocenters. The van der Waals surface area contributed by atoms with Crippen LogP contribution in [0.15, 0.2) is 18.2 Å². The van der Waals surface area contributed by atoms with Crippen LogP contribution in [0.25, 0.3) is 0 Å². The number of esters is 1. The van der Waals surface area contributed by atoms with E-state index in [0.717, 1.165) is 18.0 Å². The summed E-state index contributed by atoms with van der Waals surface area (Å²) in [6.07, 6.45) is 0. The van der Waals surface area contributed by atoms with Crippen LogP contribution in [0.3, 0.4) is 0 Å². The van der Waals surface area contributed by atoms with E-state index in [1.807, 2.05) is 29.6 Å². The number of nitrogens with two attached hydrogens (primary N) is 1. The van der Waals surface area contributed by atoms with Gasteiger partial charge in [-0.05, 0) is 18.2 Å². The van der Waals surface area contributed by atoms with Crippen molar-refractivity contribution in [2.45, 2.75) is 5.25 Å². The number of methoxy groups -OCH3 is 1. The van der Waals surface area contributed by atoms with Crippen molar-refractivity contribution < 1.29 is 9.53 Å². The summed E-state index contributed by atoms with van der Waals surface area (Å²) in [5, 5.41) is 3.92. The molecule has 1 unspecified atom stereocenters. The van der Waals surface area contributed by atoms with Gasteiger partial charge in [0.1, 0.15) is 0 Å². The van der Waals surface area contributed by atoms with Crippen LogP contribution in [0.2, 0.25) is 0 Å². The number of hydrogen-bond acceptors (Lipinski definition) is 6. The number of benzene rings is 1. The number of nitrogen functional groups attached to an aromatic ring is 1. The second-order valence-electron chi connectivity index (χ2n) is 4.25. The quantitative estimate of drug-likeness (QED) is 0.657. The van der Waals surface area contributed by atoms with Gasteiger partial charge in [0.2, 0.25) is 0 Å². The van der Waals surface area contributed by atoms with Gasteiger partial charge in [-0.3, -0.25) is 0 Å². The zero-order valence-electron chi connectivity index (χ0n) is 10.8. The van der Waals surface area contributed by atoms with Gasteiger partial charge in [0, 0.05) is 40.4 Å². The fourth-order valence-corrected chi connectivity index (χ4v) is 4.48. The van der Waals surface area contributed by atoms with Gasteiger partial charge in [-0.2, -0.15) is 23.5 Å². The summed E-state index contributed by atoms with van der Waals surface area (Å²) < 4.78 is 4.78. The van der Waals surface area contributed by atoms with Crippen molar-refractivity contribution in [3.05, 3.63) is 23.8 Å². The van der Waals surface area contributed by atoms with Crippen molar-refractivity contribution in [1.82, 2.24) is 0 Å². The lowest BCUT2D eigenvalue weighted by atomic mass is 10.1. The summed E-state index contributed by atoms with van der Waals surface area (Å²) in [5.74, 6) is 3.22. The average molecular weight is 298 g/mol. The molecule has 0 radical (unpaired) electrons. The van der Waals surface area contributed by atoms with Crippen LogP contribution in [0.4, 0.5) is 11.4 Å². The Morgan fingerprint density at radius 2 is 2.37 bits per heavy atom. The molecule has 6 heteroatoms. The highest BCUT2D eigenvalue weighted by molar-refractivity contribution is 8.06. The third-order valence-corrected chi connectivity index (χ3v) is 5.70. The molecule has 3 N–H and O–H groups in total. The number of carbonyl (C=O) groups excluding carboxylic acids is 1. The molecule has 4 nitrogen and oxygen atoms in total. The standard InChI is InChI=1S/C13H18N2O2S2/c1-17-13(16)11-6-9(14)2-3-12(11)15-7-10-8-18-4-5-19-10/h2-3,6,10,15H,4-5,7-8,14H2,1H3. The Balaban J connectivity index is 2.04. The molecule has 0 amide bonds. The molecule has 0 bridgehead atoms. The van der Waals surface area contributed by atoms with Crippen molar-refractivity contribution in [3.8, 4) is 0 Å². The Morgan fingerprint density at radius 3 is 3.05 bits per heavy atom. The maximum atomic E-state index is 11.7. The third-order valence-electron chi connectivity index (χ3n) is 2.85. The van der Waals surface area contributed by atoms with Gasteiger partial charge in [0.15, 0.2) is 0 Å². The largest absolute Gasteiger partial charge is 0.465 e. The van der Waals surface area contributed by atoms with Crippen LogP contribution >= 0.6 is 23.5 Å². The summed E-state index contributed by atoms with van der Waals surface area (Å²) in [7, 11) is 1.38. The highest BCUT2D eigenvalue weighted by Crippen LogP contribution is 2.25. The Kier molecular flexibility index (Phi) is 5.27. The van der Waals surface area contributed by atoms with Gasteiger partial charge in [-0.15, -0.1) is 0 Å². The lowest BCUT2D eigenvalue weighted by molar-refractivity contribution is 0.0602. The molecule has 0 aromatic heterocycles. The van der Waals surface area contributed by atoms with Gasteiger partial charge >= 0.3 is 5.97 Å². The number of nitrogens with one attached hydrogen (secondary N) is 1. The molecule has 104 valence electrons. The van der Waals surface area contributed by atoms with Crippen molar-refractivity contribution in [2.24, 2.45) is 0 Å². The van der Waals surface area contributed by atoms with Gasteiger partial charge in [0.05, 0.1) is 12.7 Å². The Hall–Kier alpha value is -1.01. The van der Waals surface area contributed by atoms with Gasteiger partial charge in [-0.1, -0.05) is 0 Å². The average Bonchev–Trinajstić information content (AvgIpc) is 2.46. The van der Waals surface area contributed by atoms with E-state index in [2.05, 4.69) is 5.32 Å². The molecule has 1 aliphatic rings. The first-order valence-corrected chi connectivity index (χ1v) is 8.32. The van der Waals surface area contributed by atoms with Gasteiger partial charge in [0.25, 0.3) is 0 Å². The predicted molar refractivity (Wildman–Crippen MR) is 84.3 cm³/mol. The zero-order valence-corrected chi connectivity index (χ0v) is 12.5. The Labute approximate surface area is 121 Å². The molecule has 0 aliphatic carbocycles. The van der Waals surface area contributed by atoms with E-state index < -0.39 is 0 Å². The van der Waals surface area contributed by atoms with Crippen LogP contribution in [0.5, 0.6) is 0 Å². The summed E-state index contributed by atoms with van der Waals surface area (Å²) in [6, 6.07) is 5.27. The van der Waals surface area contributed by atoms with Crippen molar-refractivity contribution in [2.75, 3.05) is 42.0 Å². The minimum atomic E-state index is -0.361. The minimum Gasteiger partial charge on any atom is -0.465 e. The molecular weight excluding hydrogens is 280 g/mol. The zero-order chi connectivity index (χ0) is 13.7. The van der Waals surface area contributed by atoms with Crippen LogP contribution in [0.1, 0.15) is 10.4 Å². The number of rotatable bonds is 4. The maximum absolute atomic E-state index is 11.7. The number of carbonyl (C=O) groups is 1. The highest BCUT2D eigenvalue weighted by atomic mass is 32.2. The predicted octanol–water partition coefficient (Wildman–Crippen LogP) is 2.32. The van der Waals surface area contributed by atoms with E-state index in [4.69, 9.17) is 10.5 Å². The number of thioether (sulfide) groups is 2. The molecule has 0 spiro atoms. The van der Waals surface area contributed by atoms with E-state index in [1.54, 1.807) is 12.1 Å². The van der Waals surface area contributed by atoms with E-state index in [1.165, 1.54) is 18.6 Å².